The van der Waals surface area contributed by atoms with E-state index >= 15 is 0 Å². The van der Waals surface area contributed by atoms with Crippen molar-refractivity contribution in [3.05, 3.63) is 29.8 Å². The fourth-order valence-corrected chi connectivity index (χ4v) is 1.95. The lowest BCUT2D eigenvalue weighted by atomic mass is 9.91. The number of carbonyl (C=O) groups is 1. The second-order valence-electron chi connectivity index (χ2n) is 4.54. The van der Waals surface area contributed by atoms with Gasteiger partial charge in [-0.05, 0) is 24.1 Å². The third-order valence-electron chi connectivity index (χ3n) is 3.27. The highest BCUT2D eigenvalue weighted by Crippen LogP contribution is 2.15. The van der Waals surface area contributed by atoms with Gasteiger partial charge < -0.3 is 10.1 Å². The van der Waals surface area contributed by atoms with Crippen LogP contribution in [-0.2, 0) is 11.3 Å². The van der Waals surface area contributed by atoms with E-state index in [1.807, 2.05) is 38.1 Å². The Balaban J connectivity index is 2.55. The number of ether oxygens (including phenoxy) is 1. The predicted octanol–water partition coefficient (Wildman–Crippen LogP) is 2.61. The molecule has 0 heterocycles. The Hall–Kier alpha value is -1.95. The van der Waals surface area contributed by atoms with E-state index in [2.05, 4.69) is 11.2 Å². The molecular formula is C16H21NO2. The summed E-state index contributed by atoms with van der Waals surface area (Å²) < 4.78 is 5.09. The van der Waals surface area contributed by atoms with Gasteiger partial charge in [-0.25, -0.2) is 0 Å². The molecule has 0 aliphatic heterocycles. The van der Waals surface area contributed by atoms with Crippen LogP contribution in [0.1, 0.15) is 25.8 Å². The molecule has 1 N–H and O–H groups in total. The van der Waals surface area contributed by atoms with Crippen molar-refractivity contribution in [2.75, 3.05) is 7.11 Å². The average molecular weight is 259 g/mol. The Morgan fingerprint density at radius 2 is 2.05 bits per heavy atom. The van der Waals surface area contributed by atoms with Crippen LogP contribution in [0, 0.1) is 24.2 Å². The van der Waals surface area contributed by atoms with Gasteiger partial charge in [-0.3, -0.25) is 4.79 Å². The molecule has 2 atom stereocenters. The Morgan fingerprint density at radius 1 is 1.42 bits per heavy atom. The molecule has 1 aromatic rings. The minimum absolute atomic E-state index is 0.0174. The quantitative estimate of drug-likeness (QED) is 0.797. The van der Waals surface area contributed by atoms with Gasteiger partial charge in [0.25, 0.3) is 0 Å². The van der Waals surface area contributed by atoms with Crippen LogP contribution in [0.4, 0.5) is 0 Å². The van der Waals surface area contributed by atoms with Crippen LogP contribution in [-0.4, -0.2) is 13.0 Å². The monoisotopic (exact) mass is 259 g/mol. The first-order valence-corrected chi connectivity index (χ1v) is 6.49. The number of terminal acetylenes is 1. The smallest absolute Gasteiger partial charge is 0.224 e. The van der Waals surface area contributed by atoms with Gasteiger partial charge in [0, 0.05) is 12.5 Å². The lowest BCUT2D eigenvalue weighted by molar-refractivity contribution is -0.126. The first kappa shape index (κ1) is 15.1. The first-order valence-electron chi connectivity index (χ1n) is 6.49. The van der Waals surface area contributed by atoms with Crippen molar-refractivity contribution in [3.8, 4) is 18.1 Å². The summed E-state index contributed by atoms with van der Waals surface area (Å²) in [5, 5.41) is 2.93. The zero-order chi connectivity index (χ0) is 14.3. The molecule has 19 heavy (non-hydrogen) atoms. The van der Waals surface area contributed by atoms with Crippen LogP contribution in [0.15, 0.2) is 24.3 Å². The molecule has 0 fully saturated rings. The van der Waals surface area contributed by atoms with Crippen molar-refractivity contribution >= 4 is 5.91 Å². The SMILES string of the molecule is C#C[C@H](C)[C@@H](CC)C(=O)NCc1ccc(OC)cc1. The summed E-state index contributed by atoms with van der Waals surface area (Å²) in [5.41, 5.74) is 1.04. The number of methoxy groups -OCH3 is 1. The zero-order valence-electron chi connectivity index (χ0n) is 11.8. The molecule has 0 saturated carbocycles. The molecule has 0 spiro atoms. The van der Waals surface area contributed by atoms with Crippen LogP contribution in [0.5, 0.6) is 5.75 Å². The summed E-state index contributed by atoms with van der Waals surface area (Å²) in [4.78, 5) is 12.0. The van der Waals surface area contributed by atoms with Crippen LogP contribution in [0.25, 0.3) is 0 Å². The summed E-state index contributed by atoms with van der Waals surface area (Å²) in [5.74, 6) is 3.30. The average Bonchev–Trinajstić information content (AvgIpc) is 2.46. The van der Waals surface area contributed by atoms with Gasteiger partial charge in [-0.1, -0.05) is 26.0 Å². The van der Waals surface area contributed by atoms with E-state index in [0.29, 0.717) is 6.54 Å². The number of hydrogen-bond acceptors (Lipinski definition) is 2. The van der Waals surface area contributed by atoms with Crippen molar-refractivity contribution in [2.45, 2.75) is 26.8 Å². The maximum atomic E-state index is 12.0. The molecular weight excluding hydrogens is 238 g/mol. The minimum atomic E-state index is -0.122. The fraction of sp³-hybridized carbons (Fsp3) is 0.438. The van der Waals surface area contributed by atoms with E-state index in [1.54, 1.807) is 7.11 Å². The molecule has 0 radical (unpaired) electrons. The maximum absolute atomic E-state index is 12.0. The van der Waals surface area contributed by atoms with E-state index in [9.17, 15) is 4.79 Å². The van der Waals surface area contributed by atoms with Crippen molar-refractivity contribution in [2.24, 2.45) is 11.8 Å². The summed E-state index contributed by atoms with van der Waals surface area (Å²) in [6.07, 6.45) is 6.13. The van der Waals surface area contributed by atoms with Crippen LogP contribution >= 0.6 is 0 Å². The molecule has 0 bridgehead atoms. The molecule has 0 unspecified atom stereocenters. The van der Waals surface area contributed by atoms with E-state index in [-0.39, 0.29) is 17.7 Å². The normalized spacial score (nSPS) is 13.2. The minimum Gasteiger partial charge on any atom is -0.497 e. The van der Waals surface area contributed by atoms with E-state index in [1.165, 1.54) is 0 Å². The van der Waals surface area contributed by atoms with E-state index in [4.69, 9.17) is 11.2 Å². The van der Waals surface area contributed by atoms with Crippen molar-refractivity contribution in [1.82, 2.24) is 5.32 Å². The van der Waals surface area contributed by atoms with Gasteiger partial charge in [-0.15, -0.1) is 12.3 Å². The number of amides is 1. The molecule has 1 rings (SSSR count). The lowest BCUT2D eigenvalue weighted by Gasteiger charge is -2.17. The molecule has 3 nitrogen and oxygen atoms in total. The zero-order valence-corrected chi connectivity index (χ0v) is 11.8. The van der Waals surface area contributed by atoms with Crippen molar-refractivity contribution in [1.29, 1.82) is 0 Å². The summed E-state index contributed by atoms with van der Waals surface area (Å²) in [6, 6.07) is 7.63. The molecule has 3 heteroatoms. The molecule has 102 valence electrons. The highest BCUT2D eigenvalue weighted by atomic mass is 16.5. The van der Waals surface area contributed by atoms with E-state index in [0.717, 1.165) is 17.7 Å². The topological polar surface area (TPSA) is 38.3 Å². The van der Waals surface area contributed by atoms with E-state index < -0.39 is 0 Å². The second-order valence-corrected chi connectivity index (χ2v) is 4.54. The van der Waals surface area contributed by atoms with Gasteiger partial charge in [0.05, 0.1) is 13.0 Å². The number of hydrogen-bond donors (Lipinski definition) is 1. The highest BCUT2D eigenvalue weighted by molar-refractivity contribution is 5.79. The Labute approximate surface area is 115 Å². The standard InChI is InChI=1S/C16H21NO2/c1-5-12(3)15(6-2)16(18)17-11-13-7-9-14(19-4)10-8-13/h1,7-10,12,15H,6,11H2,2-4H3,(H,17,18)/t12-,15+/m0/s1. The van der Waals surface area contributed by atoms with Crippen LogP contribution in [0.3, 0.4) is 0 Å². The van der Waals surface area contributed by atoms with Gasteiger partial charge in [0.2, 0.25) is 5.91 Å². The number of carbonyl (C=O) groups excluding carboxylic acids is 1. The number of benzene rings is 1. The van der Waals surface area contributed by atoms with Crippen LogP contribution in [0.2, 0.25) is 0 Å². The van der Waals surface area contributed by atoms with Gasteiger partial charge in [-0.2, -0.15) is 0 Å². The van der Waals surface area contributed by atoms with Crippen LogP contribution < -0.4 is 10.1 Å². The predicted molar refractivity (Wildman–Crippen MR) is 76.6 cm³/mol. The molecule has 0 aromatic heterocycles. The van der Waals surface area contributed by atoms with Gasteiger partial charge >= 0.3 is 0 Å². The lowest BCUT2D eigenvalue weighted by Crippen LogP contribution is -2.33. The number of nitrogens with one attached hydrogen (secondary N) is 1. The van der Waals surface area contributed by atoms with Crippen molar-refractivity contribution < 1.29 is 9.53 Å². The number of rotatable bonds is 6. The third-order valence-corrected chi connectivity index (χ3v) is 3.27. The molecule has 0 aliphatic carbocycles. The molecule has 0 saturated heterocycles. The second kappa shape index (κ2) is 7.48. The molecule has 1 aromatic carbocycles. The third kappa shape index (κ3) is 4.33. The van der Waals surface area contributed by atoms with Crippen molar-refractivity contribution in [3.63, 3.8) is 0 Å². The Kier molecular flexibility index (Phi) is 5.95. The summed E-state index contributed by atoms with van der Waals surface area (Å²) in [6.45, 7) is 4.39. The largest absolute Gasteiger partial charge is 0.497 e. The summed E-state index contributed by atoms with van der Waals surface area (Å²) in [7, 11) is 1.63. The Morgan fingerprint density at radius 3 is 2.53 bits per heavy atom. The summed E-state index contributed by atoms with van der Waals surface area (Å²) >= 11 is 0. The molecule has 0 aliphatic rings. The first-order chi connectivity index (χ1) is 9.12. The fourth-order valence-electron chi connectivity index (χ4n) is 1.95. The van der Waals surface area contributed by atoms with Gasteiger partial charge in [0.15, 0.2) is 0 Å². The highest BCUT2D eigenvalue weighted by Gasteiger charge is 2.21. The maximum Gasteiger partial charge on any atom is 0.224 e. The molecule has 1 amide bonds. The Bertz CT molecular complexity index is 445. The van der Waals surface area contributed by atoms with Gasteiger partial charge in [0.1, 0.15) is 5.75 Å².